The van der Waals surface area contributed by atoms with E-state index in [0.29, 0.717) is 23.4 Å². The molecular formula is C23H24N4O3S. The van der Waals surface area contributed by atoms with Crippen LogP contribution in [0.2, 0.25) is 0 Å². The third-order valence-corrected chi connectivity index (χ3v) is 5.78. The number of aromatic nitrogens is 2. The van der Waals surface area contributed by atoms with Crippen LogP contribution in [0.4, 0.5) is 5.95 Å². The van der Waals surface area contributed by atoms with Gasteiger partial charge in [0.1, 0.15) is 5.60 Å². The number of benzene rings is 2. The monoisotopic (exact) mass is 436 g/mol. The number of aliphatic imine (C=N–C) groups is 1. The number of rotatable bonds is 5. The number of anilines is 1. The van der Waals surface area contributed by atoms with E-state index in [9.17, 15) is 9.59 Å². The lowest BCUT2D eigenvalue weighted by atomic mass is 10.1. The highest BCUT2D eigenvalue weighted by Gasteiger charge is 2.25. The Hall–Kier alpha value is -3.13. The van der Waals surface area contributed by atoms with Crippen LogP contribution in [0.5, 0.6) is 0 Å². The fourth-order valence-electron chi connectivity index (χ4n) is 3.40. The van der Waals surface area contributed by atoms with Crippen molar-refractivity contribution in [2.45, 2.75) is 38.8 Å². The molecule has 7 nitrogen and oxygen atoms in total. The third kappa shape index (κ3) is 4.80. The molecular weight excluding hydrogens is 412 g/mol. The molecule has 1 amide bonds. The number of thioether (sulfide) groups is 1. The van der Waals surface area contributed by atoms with Gasteiger partial charge < -0.3 is 4.74 Å². The number of nitrogens with one attached hydrogen (secondary N) is 1. The fraction of sp³-hybridized carbons (Fsp3) is 0.304. The number of fused-ring (bicyclic) bond motifs is 1. The number of ether oxygens (including phenoxy) is 1. The SMILES string of the molecule is CC(C)(C)OC(=O)c1ccc2c(c1)nc(NC=O)n2C1=NC(Cc2ccccc2)CS1. The summed E-state index contributed by atoms with van der Waals surface area (Å²) < 4.78 is 7.29. The summed E-state index contributed by atoms with van der Waals surface area (Å²) in [5.74, 6) is 0.808. The minimum atomic E-state index is -0.585. The first-order valence-electron chi connectivity index (χ1n) is 10.0. The van der Waals surface area contributed by atoms with Crippen LogP contribution in [0.25, 0.3) is 11.0 Å². The van der Waals surface area contributed by atoms with E-state index in [2.05, 4.69) is 22.4 Å². The molecule has 8 heteroatoms. The summed E-state index contributed by atoms with van der Waals surface area (Å²) in [6, 6.07) is 15.6. The standard InChI is InChI=1S/C23H24N4O3S/c1-23(2,3)30-20(29)16-9-10-19-18(12-16)26-21(24-14-28)27(19)22-25-17(13-31-22)11-15-7-5-4-6-8-15/h4-10,12,14,17H,11,13H2,1-3H3,(H,24,26,28). The molecule has 160 valence electrons. The van der Waals surface area contributed by atoms with E-state index >= 15 is 0 Å². The van der Waals surface area contributed by atoms with Crippen LogP contribution in [0.3, 0.4) is 0 Å². The zero-order chi connectivity index (χ0) is 22.0. The van der Waals surface area contributed by atoms with Gasteiger partial charge in [-0.3, -0.25) is 19.7 Å². The van der Waals surface area contributed by atoms with Crippen LogP contribution >= 0.6 is 11.8 Å². The molecule has 0 radical (unpaired) electrons. The normalized spacial score (nSPS) is 16.2. The lowest BCUT2D eigenvalue weighted by Crippen LogP contribution is -2.23. The number of esters is 1. The van der Waals surface area contributed by atoms with Gasteiger partial charge in [0.2, 0.25) is 12.4 Å². The van der Waals surface area contributed by atoms with E-state index in [-0.39, 0.29) is 6.04 Å². The molecule has 1 aliphatic heterocycles. The average molecular weight is 437 g/mol. The van der Waals surface area contributed by atoms with E-state index in [1.807, 2.05) is 49.6 Å². The first kappa shape index (κ1) is 21.1. The summed E-state index contributed by atoms with van der Waals surface area (Å²) in [5.41, 5.74) is 2.42. The van der Waals surface area contributed by atoms with E-state index in [4.69, 9.17) is 9.73 Å². The van der Waals surface area contributed by atoms with Crippen molar-refractivity contribution in [3.8, 4) is 0 Å². The van der Waals surface area contributed by atoms with Crippen molar-refractivity contribution in [1.82, 2.24) is 9.55 Å². The lowest BCUT2D eigenvalue weighted by Gasteiger charge is -2.19. The van der Waals surface area contributed by atoms with E-state index in [1.165, 1.54) is 5.56 Å². The van der Waals surface area contributed by atoms with Crippen molar-refractivity contribution < 1.29 is 14.3 Å². The highest BCUT2D eigenvalue weighted by molar-refractivity contribution is 8.14. The fourth-order valence-corrected chi connectivity index (χ4v) is 4.47. The number of hydrogen-bond donors (Lipinski definition) is 1. The maximum absolute atomic E-state index is 12.4. The molecule has 1 aromatic heterocycles. The quantitative estimate of drug-likeness (QED) is 0.480. The number of hydrogen-bond acceptors (Lipinski definition) is 6. The molecule has 31 heavy (non-hydrogen) atoms. The van der Waals surface area contributed by atoms with Crippen molar-refractivity contribution in [3.05, 3.63) is 59.7 Å². The van der Waals surface area contributed by atoms with Gasteiger partial charge in [0, 0.05) is 5.75 Å². The van der Waals surface area contributed by atoms with Crippen LogP contribution < -0.4 is 5.32 Å². The second kappa shape index (κ2) is 8.55. The summed E-state index contributed by atoms with van der Waals surface area (Å²) in [5, 5.41) is 3.43. The Morgan fingerprint density at radius 1 is 1.26 bits per heavy atom. The lowest BCUT2D eigenvalue weighted by molar-refractivity contribution is -0.105. The van der Waals surface area contributed by atoms with E-state index in [0.717, 1.165) is 22.9 Å². The van der Waals surface area contributed by atoms with Crippen LogP contribution in [-0.4, -0.2) is 44.5 Å². The van der Waals surface area contributed by atoms with Gasteiger partial charge in [-0.1, -0.05) is 42.1 Å². The summed E-state index contributed by atoms with van der Waals surface area (Å²) >= 11 is 1.63. The van der Waals surface area contributed by atoms with Gasteiger partial charge in [-0.05, 0) is 51.0 Å². The first-order chi connectivity index (χ1) is 14.8. The Bertz CT molecular complexity index is 1150. The van der Waals surface area contributed by atoms with Crippen LogP contribution in [0.1, 0.15) is 36.7 Å². The predicted octanol–water partition coefficient (Wildman–Crippen LogP) is 4.12. The molecule has 0 saturated heterocycles. The molecule has 4 rings (SSSR count). The number of carbonyl (C=O) groups is 2. The first-order valence-corrected chi connectivity index (χ1v) is 11.0. The average Bonchev–Trinajstić information content (AvgIpc) is 3.31. The molecule has 0 aliphatic carbocycles. The summed E-state index contributed by atoms with van der Waals surface area (Å²) in [6.45, 7) is 5.47. The van der Waals surface area contributed by atoms with Gasteiger partial charge in [0.15, 0.2) is 5.17 Å². The van der Waals surface area contributed by atoms with Gasteiger partial charge >= 0.3 is 5.97 Å². The Kier molecular flexibility index (Phi) is 5.82. The topological polar surface area (TPSA) is 85.6 Å². The minimum Gasteiger partial charge on any atom is -0.456 e. The Labute approximate surface area is 184 Å². The maximum atomic E-state index is 12.4. The third-order valence-electron chi connectivity index (χ3n) is 4.68. The molecule has 2 aromatic carbocycles. The van der Waals surface area contributed by atoms with Gasteiger partial charge in [0.25, 0.3) is 0 Å². The van der Waals surface area contributed by atoms with Crippen LogP contribution in [0.15, 0.2) is 53.5 Å². The summed E-state index contributed by atoms with van der Waals surface area (Å²) in [6.07, 6.45) is 1.44. The second-order valence-electron chi connectivity index (χ2n) is 8.30. The molecule has 1 atom stereocenters. The molecule has 1 aliphatic rings. The molecule has 2 heterocycles. The highest BCUT2D eigenvalue weighted by Crippen LogP contribution is 2.29. The van der Waals surface area contributed by atoms with Crippen molar-refractivity contribution in [3.63, 3.8) is 0 Å². The Morgan fingerprint density at radius 3 is 2.74 bits per heavy atom. The van der Waals surface area contributed by atoms with Gasteiger partial charge in [-0.2, -0.15) is 0 Å². The van der Waals surface area contributed by atoms with E-state index < -0.39 is 11.6 Å². The molecule has 3 aromatic rings. The molecule has 1 N–H and O–H groups in total. The zero-order valence-electron chi connectivity index (χ0n) is 17.7. The van der Waals surface area contributed by atoms with Gasteiger partial charge in [-0.15, -0.1) is 0 Å². The Morgan fingerprint density at radius 2 is 2.03 bits per heavy atom. The number of amides is 1. The zero-order valence-corrected chi connectivity index (χ0v) is 18.5. The molecule has 1 unspecified atom stereocenters. The van der Waals surface area contributed by atoms with Crippen molar-refractivity contribution in [1.29, 1.82) is 0 Å². The predicted molar refractivity (Wildman–Crippen MR) is 124 cm³/mol. The minimum absolute atomic E-state index is 0.143. The summed E-state index contributed by atoms with van der Waals surface area (Å²) in [4.78, 5) is 33.0. The second-order valence-corrected chi connectivity index (χ2v) is 9.29. The van der Waals surface area contributed by atoms with Gasteiger partial charge in [0.05, 0.1) is 22.6 Å². The number of nitrogens with zero attached hydrogens (tertiary/aromatic N) is 3. The summed E-state index contributed by atoms with van der Waals surface area (Å²) in [7, 11) is 0. The number of imidazole rings is 1. The van der Waals surface area contributed by atoms with E-state index in [1.54, 1.807) is 23.9 Å². The van der Waals surface area contributed by atoms with Crippen molar-refractivity contribution in [2.24, 2.45) is 4.99 Å². The Balaban J connectivity index is 1.66. The van der Waals surface area contributed by atoms with Crippen LogP contribution in [-0.2, 0) is 16.0 Å². The molecule has 0 bridgehead atoms. The molecule has 0 saturated carbocycles. The number of carbonyl (C=O) groups excluding carboxylic acids is 2. The highest BCUT2D eigenvalue weighted by atomic mass is 32.2. The molecule has 0 spiro atoms. The maximum Gasteiger partial charge on any atom is 0.338 e. The smallest absolute Gasteiger partial charge is 0.338 e. The van der Waals surface area contributed by atoms with Gasteiger partial charge in [-0.25, -0.2) is 9.78 Å². The van der Waals surface area contributed by atoms with Crippen molar-refractivity contribution in [2.75, 3.05) is 11.1 Å². The van der Waals surface area contributed by atoms with Crippen molar-refractivity contribution >= 4 is 46.3 Å². The molecule has 0 fully saturated rings. The van der Waals surface area contributed by atoms with Crippen LogP contribution in [0, 0.1) is 0 Å². The largest absolute Gasteiger partial charge is 0.456 e.